The number of β-amino-alcohol motifs (C(OH)–C–C–N with tert-alkyl or cyclic N) is 1. The first-order valence-electron chi connectivity index (χ1n) is 7.03. The number of rotatable bonds is 6. The van der Waals surface area contributed by atoms with Crippen LogP contribution in [0.2, 0.25) is 0 Å². The molecule has 2 rings (SSSR count). The summed E-state index contributed by atoms with van der Waals surface area (Å²) in [5.74, 6) is 0.126. The van der Waals surface area contributed by atoms with E-state index in [-0.39, 0.29) is 17.9 Å². The van der Waals surface area contributed by atoms with E-state index in [1.807, 2.05) is 30.1 Å². The van der Waals surface area contributed by atoms with Crippen LogP contribution in [0.25, 0.3) is 0 Å². The minimum atomic E-state index is -0.350. The highest BCUT2D eigenvalue weighted by Crippen LogP contribution is 2.07. The van der Waals surface area contributed by atoms with E-state index in [1.54, 1.807) is 0 Å². The molecule has 0 aliphatic carbocycles. The van der Waals surface area contributed by atoms with E-state index in [2.05, 4.69) is 22.8 Å². The number of hydrogen-bond donors (Lipinski definition) is 3. The van der Waals surface area contributed by atoms with Gasteiger partial charge < -0.3 is 15.7 Å². The lowest BCUT2D eigenvalue weighted by molar-refractivity contribution is -0.122. The lowest BCUT2D eigenvalue weighted by Crippen LogP contribution is -2.39. The van der Waals surface area contributed by atoms with Gasteiger partial charge in [-0.05, 0) is 12.6 Å². The van der Waals surface area contributed by atoms with Crippen LogP contribution in [0.4, 0.5) is 0 Å². The highest BCUT2D eigenvalue weighted by Gasteiger charge is 2.25. The predicted molar refractivity (Wildman–Crippen MR) is 78.2 cm³/mol. The van der Waals surface area contributed by atoms with Crippen molar-refractivity contribution in [3.63, 3.8) is 0 Å². The number of aliphatic hydroxyl groups is 1. The first-order valence-corrected chi connectivity index (χ1v) is 7.03. The SMILES string of the molecule is CN(CC(=O)NCC1CNCC1O)Cc1ccccc1. The number of amides is 1. The Labute approximate surface area is 120 Å². The van der Waals surface area contributed by atoms with Crippen molar-refractivity contribution in [2.24, 2.45) is 5.92 Å². The largest absolute Gasteiger partial charge is 0.391 e. The third-order valence-electron chi connectivity index (χ3n) is 3.57. The molecule has 0 spiro atoms. The fourth-order valence-electron chi connectivity index (χ4n) is 2.42. The van der Waals surface area contributed by atoms with E-state index in [4.69, 9.17) is 0 Å². The van der Waals surface area contributed by atoms with Gasteiger partial charge in [0.05, 0.1) is 12.6 Å². The van der Waals surface area contributed by atoms with Crippen LogP contribution < -0.4 is 10.6 Å². The topological polar surface area (TPSA) is 64.6 Å². The Morgan fingerprint density at radius 1 is 1.40 bits per heavy atom. The molecule has 0 bridgehead atoms. The Kier molecular flexibility index (Phi) is 5.52. The molecule has 1 aromatic carbocycles. The summed E-state index contributed by atoms with van der Waals surface area (Å²) < 4.78 is 0. The van der Waals surface area contributed by atoms with Crippen molar-refractivity contribution in [3.05, 3.63) is 35.9 Å². The van der Waals surface area contributed by atoms with Gasteiger partial charge >= 0.3 is 0 Å². The lowest BCUT2D eigenvalue weighted by atomic mass is 10.1. The van der Waals surface area contributed by atoms with E-state index in [9.17, 15) is 9.90 Å². The summed E-state index contributed by atoms with van der Waals surface area (Å²) >= 11 is 0. The van der Waals surface area contributed by atoms with Crippen LogP contribution in [-0.2, 0) is 11.3 Å². The Bertz CT molecular complexity index is 424. The number of carbonyl (C=O) groups excluding carboxylic acids is 1. The second-order valence-electron chi connectivity index (χ2n) is 5.45. The second kappa shape index (κ2) is 7.38. The third-order valence-corrected chi connectivity index (χ3v) is 3.57. The highest BCUT2D eigenvalue weighted by molar-refractivity contribution is 5.77. The summed E-state index contributed by atoms with van der Waals surface area (Å²) in [4.78, 5) is 13.8. The van der Waals surface area contributed by atoms with Crippen molar-refractivity contribution >= 4 is 5.91 Å². The van der Waals surface area contributed by atoms with E-state index in [0.29, 0.717) is 19.6 Å². The molecule has 2 unspecified atom stereocenters. The number of hydrogen-bond acceptors (Lipinski definition) is 4. The Balaban J connectivity index is 1.68. The molecule has 1 saturated heterocycles. The van der Waals surface area contributed by atoms with Crippen LogP contribution >= 0.6 is 0 Å². The van der Waals surface area contributed by atoms with Crippen LogP contribution in [0.3, 0.4) is 0 Å². The zero-order valence-corrected chi connectivity index (χ0v) is 11.9. The van der Waals surface area contributed by atoms with E-state index in [1.165, 1.54) is 5.56 Å². The second-order valence-corrected chi connectivity index (χ2v) is 5.45. The summed E-state index contributed by atoms with van der Waals surface area (Å²) in [5.41, 5.74) is 1.19. The molecule has 1 aromatic rings. The number of nitrogens with one attached hydrogen (secondary N) is 2. The molecule has 1 aliphatic heterocycles. The molecule has 110 valence electrons. The average molecular weight is 277 g/mol. The quantitative estimate of drug-likeness (QED) is 0.675. The predicted octanol–water partition coefficient (Wildman–Crippen LogP) is -0.185. The van der Waals surface area contributed by atoms with Gasteiger partial charge in [-0.25, -0.2) is 0 Å². The average Bonchev–Trinajstić information content (AvgIpc) is 2.83. The highest BCUT2D eigenvalue weighted by atomic mass is 16.3. The molecule has 20 heavy (non-hydrogen) atoms. The molecular weight excluding hydrogens is 254 g/mol. The first-order chi connectivity index (χ1) is 9.65. The monoisotopic (exact) mass is 277 g/mol. The van der Waals surface area contributed by atoms with Gasteiger partial charge in [-0.3, -0.25) is 9.69 Å². The van der Waals surface area contributed by atoms with Crippen molar-refractivity contribution in [1.82, 2.24) is 15.5 Å². The van der Waals surface area contributed by atoms with Crippen LogP contribution in [0.1, 0.15) is 5.56 Å². The molecular formula is C15H23N3O2. The molecule has 5 nitrogen and oxygen atoms in total. The minimum absolute atomic E-state index is 0.00234. The molecule has 2 atom stereocenters. The van der Waals surface area contributed by atoms with Gasteiger partial charge in [0.2, 0.25) is 5.91 Å². The molecule has 0 radical (unpaired) electrons. The number of aliphatic hydroxyl groups excluding tert-OH is 1. The van der Waals surface area contributed by atoms with Crippen LogP contribution in [-0.4, -0.2) is 55.2 Å². The Morgan fingerprint density at radius 2 is 2.15 bits per heavy atom. The smallest absolute Gasteiger partial charge is 0.234 e. The normalized spacial score (nSPS) is 22.1. The van der Waals surface area contributed by atoms with Crippen molar-refractivity contribution in [2.45, 2.75) is 12.6 Å². The van der Waals surface area contributed by atoms with Crippen molar-refractivity contribution in [2.75, 3.05) is 33.2 Å². The van der Waals surface area contributed by atoms with Crippen LogP contribution in [0, 0.1) is 5.92 Å². The lowest BCUT2D eigenvalue weighted by Gasteiger charge is -2.18. The summed E-state index contributed by atoms with van der Waals surface area (Å²) in [6.07, 6.45) is -0.350. The van der Waals surface area contributed by atoms with Crippen molar-refractivity contribution < 1.29 is 9.90 Å². The van der Waals surface area contributed by atoms with Gasteiger partial charge in [0.25, 0.3) is 0 Å². The fourth-order valence-corrected chi connectivity index (χ4v) is 2.42. The molecule has 3 N–H and O–H groups in total. The van der Waals surface area contributed by atoms with Gasteiger partial charge in [0.1, 0.15) is 0 Å². The van der Waals surface area contributed by atoms with Gasteiger partial charge in [0, 0.05) is 32.1 Å². The third kappa shape index (κ3) is 4.59. The molecule has 0 aromatic heterocycles. The molecule has 5 heteroatoms. The molecule has 1 heterocycles. The number of likely N-dealkylation sites (N-methyl/N-ethyl adjacent to an activating group) is 1. The van der Waals surface area contributed by atoms with Gasteiger partial charge in [-0.1, -0.05) is 30.3 Å². The minimum Gasteiger partial charge on any atom is -0.391 e. The van der Waals surface area contributed by atoms with Crippen molar-refractivity contribution in [1.29, 1.82) is 0 Å². The number of benzene rings is 1. The zero-order chi connectivity index (χ0) is 14.4. The molecule has 0 saturated carbocycles. The number of carbonyl (C=O) groups is 1. The fraction of sp³-hybridized carbons (Fsp3) is 0.533. The maximum Gasteiger partial charge on any atom is 0.234 e. The Morgan fingerprint density at radius 3 is 2.80 bits per heavy atom. The number of nitrogens with zero attached hydrogens (tertiary/aromatic N) is 1. The van der Waals surface area contributed by atoms with E-state index in [0.717, 1.165) is 13.1 Å². The summed E-state index contributed by atoms with van der Waals surface area (Å²) in [6, 6.07) is 10.1. The van der Waals surface area contributed by atoms with Gasteiger partial charge in [-0.2, -0.15) is 0 Å². The van der Waals surface area contributed by atoms with E-state index < -0.39 is 0 Å². The Hall–Kier alpha value is -1.43. The molecule has 1 aliphatic rings. The van der Waals surface area contributed by atoms with Crippen molar-refractivity contribution in [3.8, 4) is 0 Å². The molecule has 1 amide bonds. The maximum absolute atomic E-state index is 11.9. The van der Waals surface area contributed by atoms with Crippen LogP contribution in [0.5, 0.6) is 0 Å². The summed E-state index contributed by atoms with van der Waals surface area (Å²) in [6.45, 7) is 3.04. The van der Waals surface area contributed by atoms with Gasteiger partial charge in [-0.15, -0.1) is 0 Å². The maximum atomic E-state index is 11.9. The molecule has 1 fully saturated rings. The van der Waals surface area contributed by atoms with Gasteiger partial charge in [0.15, 0.2) is 0 Å². The van der Waals surface area contributed by atoms with Crippen LogP contribution in [0.15, 0.2) is 30.3 Å². The summed E-state index contributed by atoms with van der Waals surface area (Å²) in [5, 5.41) is 15.7. The van der Waals surface area contributed by atoms with E-state index >= 15 is 0 Å². The first kappa shape index (κ1) is 15.0. The zero-order valence-electron chi connectivity index (χ0n) is 11.9. The standard InChI is InChI=1S/C15H23N3O2/c1-18(10-12-5-3-2-4-6-12)11-15(20)17-8-13-7-16-9-14(13)19/h2-6,13-14,16,19H,7-11H2,1H3,(H,17,20). The summed E-state index contributed by atoms with van der Waals surface area (Å²) in [7, 11) is 1.93.